The van der Waals surface area contributed by atoms with E-state index in [1.807, 2.05) is 0 Å². The molecule has 1 aliphatic rings. The van der Waals surface area contributed by atoms with Gasteiger partial charge in [-0.25, -0.2) is 9.18 Å². The van der Waals surface area contributed by atoms with Crippen LogP contribution in [0, 0.1) is 11.2 Å². The summed E-state index contributed by atoms with van der Waals surface area (Å²) in [5.74, 6) is -0.884. The Labute approximate surface area is 112 Å². The van der Waals surface area contributed by atoms with Crippen LogP contribution in [0.25, 0.3) is 0 Å². The number of carbonyl (C=O) groups is 1. The van der Waals surface area contributed by atoms with E-state index in [9.17, 15) is 9.18 Å². The Bertz CT molecular complexity index is 520. The first-order chi connectivity index (χ1) is 8.62. The van der Waals surface area contributed by atoms with Gasteiger partial charge in [0.25, 0.3) is 0 Å². The maximum Gasteiger partial charge on any atom is 0.347 e. The second-order valence-corrected chi connectivity index (χ2v) is 6.38. The summed E-state index contributed by atoms with van der Waals surface area (Å²) in [5, 5.41) is 9.03. The number of hydrogen-bond donors (Lipinski definition) is 1. The zero-order valence-corrected chi connectivity index (χ0v) is 11.7. The van der Waals surface area contributed by atoms with E-state index in [0.29, 0.717) is 5.92 Å². The van der Waals surface area contributed by atoms with Gasteiger partial charge in [-0.15, -0.1) is 0 Å². The number of carboxylic acids is 1. The lowest BCUT2D eigenvalue weighted by Crippen LogP contribution is -2.37. The first-order valence-corrected chi connectivity index (χ1v) is 6.35. The van der Waals surface area contributed by atoms with Crippen LogP contribution in [0.15, 0.2) is 18.2 Å². The molecule has 1 aromatic rings. The van der Waals surface area contributed by atoms with E-state index >= 15 is 0 Å². The van der Waals surface area contributed by atoms with Gasteiger partial charge in [0.05, 0.1) is 0 Å². The summed E-state index contributed by atoms with van der Waals surface area (Å²) < 4.78 is 19.0. The van der Waals surface area contributed by atoms with Crippen molar-refractivity contribution in [3.8, 4) is 5.75 Å². The molecule has 0 heterocycles. The number of halogens is 1. The Hall–Kier alpha value is -1.58. The predicted molar refractivity (Wildman–Crippen MR) is 69.9 cm³/mol. The van der Waals surface area contributed by atoms with Crippen LogP contribution >= 0.6 is 0 Å². The van der Waals surface area contributed by atoms with Crippen LogP contribution in [0.2, 0.25) is 0 Å². The van der Waals surface area contributed by atoms with Gasteiger partial charge in [-0.05, 0) is 49.3 Å². The Balaban J connectivity index is 2.25. The number of ether oxygens (including phenoxy) is 1. The topological polar surface area (TPSA) is 46.5 Å². The van der Waals surface area contributed by atoms with Crippen LogP contribution in [0.1, 0.15) is 45.6 Å². The zero-order valence-electron chi connectivity index (χ0n) is 11.7. The quantitative estimate of drug-likeness (QED) is 0.906. The second kappa shape index (κ2) is 4.22. The summed E-state index contributed by atoms with van der Waals surface area (Å²) in [6.45, 7) is 7.15. The van der Waals surface area contributed by atoms with Crippen molar-refractivity contribution < 1.29 is 19.0 Å². The second-order valence-electron chi connectivity index (χ2n) is 6.38. The largest absolute Gasteiger partial charge is 0.478 e. The van der Waals surface area contributed by atoms with Crippen LogP contribution in [0.3, 0.4) is 0 Å². The fourth-order valence-corrected chi connectivity index (χ4v) is 2.22. The standard InChI is InChI=1S/C15H19FO3/c1-14(2)8-12(14)9-5-10(16)7-11(6-9)19-15(3,4)13(17)18/h5-7,12H,8H2,1-4H3,(H,17,18). The highest BCUT2D eigenvalue weighted by molar-refractivity contribution is 5.76. The molecule has 0 radical (unpaired) electrons. The van der Waals surface area contributed by atoms with E-state index in [4.69, 9.17) is 9.84 Å². The molecule has 0 amide bonds. The summed E-state index contributed by atoms with van der Waals surface area (Å²) >= 11 is 0. The molecule has 0 aliphatic heterocycles. The fourth-order valence-electron chi connectivity index (χ4n) is 2.22. The zero-order chi connectivity index (χ0) is 14.4. The van der Waals surface area contributed by atoms with Crippen molar-refractivity contribution in [1.82, 2.24) is 0 Å². The molecular formula is C15H19FO3. The van der Waals surface area contributed by atoms with Gasteiger partial charge in [0.15, 0.2) is 5.60 Å². The molecule has 104 valence electrons. The average Bonchev–Trinajstić information content (AvgIpc) is 2.86. The molecule has 1 N–H and O–H groups in total. The van der Waals surface area contributed by atoms with Crippen molar-refractivity contribution in [3.63, 3.8) is 0 Å². The van der Waals surface area contributed by atoms with Gasteiger partial charge in [-0.1, -0.05) is 13.8 Å². The number of carboxylic acid groups (broad SMARTS) is 1. The lowest BCUT2D eigenvalue weighted by atomic mass is 10.0. The molecule has 3 nitrogen and oxygen atoms in total. The van der Waals surface area contributed by atoms with Crippen LogP contribution in [0.5, 0.6) is 5.75 Å². The Morgan fingerprint density at radius 2 is 2.00 bits per heavy atom. The molecule has 1 aromatic carbocycles. The lowest BCUT2D eigenvalue weighted by molar-refractivity contribution is -0.152. The predicted octanol–water partition coefficient (Wildman–Crippen LogP) is 3.58. The van der Waals surface area contributed by atoms with Gasteiger partial charge in [0.1, 0.15) is 11.6 Å². The molecule has 0 spiro atoms. The van der Waals surface area contributed by atoms with Crippen molar-refractivity contribution in [3.05, 3.63) is 29.6 Å². The van der Waals surface area contributed by atoms with Gasteiger partial charge >= 0.3 is 5.97 Å². The average molecular weight is 266 g/mol. The van der Waals surface area contributed by atoms with Gasteiger partial charge in [0, 0.05) is 6.07 Å². The van der Waals surface area contributed by atoms with E-state index in [2.05, 4.69) is 13.8 Å². The molecule has 19 heavy (non-hydrogen) atoms. The van der Waals surface area contributed by atoms with E-state index in [1.54, 1.807) is 6.07 Å². The normalized spacial score (nSPS) is 21.0. The summed E-state index contributed by atoms with van der Waals surface area (Å²) in [6.07, 6.45) is 1.01. The number of aliphatic carboxylic acids is 1. The summed E-state index contributed by atoms with van der Waals surface area (Å²) in [6, 6.07) is 4.47. The SMILES string of the molecule is CC(C)(Oc1cc(F)cc(C2CC2(C)C)c1)C(=O)O. The molecular weight excluding hydrogens is 247 g/mol. The molecule has 0 aromatic heterocycles. The number of benzene rings is 1. The lowest BCUT2D eigenvalue weighted by Gasteiger charge is -2.22. The first kappa shape index (κ1) is 13.8. The van der Waals surface area contributed by atoms with Gasteiger partial charge in [-0.2, -0.15) is 0 Å². The summed E-state index contributed by atoms with van der Waals surface area (Å²) in [7, 11) is 0. The monoisotopic (exact) mass is 266 g/mol. The summed E-state index contributed by atoms with van der Waals surface area (Å²) in [4.78, 5) is 11.0. The smallest absolute Gasteiger partial charge is 0.347 e. The van der Waals surface area contributed by atoms with E-state index in [0.717, 1.165) is 12.0 Å². The van der Waals surface area contributed by atoms with Crippen LogP contribution in [-0.2, 0) is 4.79 Å². The molecule has 1 saturated carbocycles. The first-order valence-electron chi connectivity index (χ1n) is 6.35. The number of rotatable bonds is 4. The maximum absolute atomic E-state index is 13.6. The third-order valence-corrected chi connectivity index (χ3v) is 3.70. The molecule has 0 saturated heterocycles. The highest BCUT2D eigenvalue weighted by Gasteiger charge is 2.46. The molecule has 1 unspecified atom stereocenters. The molecule has 1 fully saturated rings. The van der Waals surface area contributed by atoms with Crippen molar-refractivity contribution in [2.24, 2.45) is 5.41 Å². The van der Waals surface area contributed by atoms with E-state index in [-0.39, 0.29) is 11.2 Å². The Morgan fingerprint density at radius 3 is 2.47 bits per heavy atom. The van der Waals surface area contributed by atoms with Gasteiger partial charge < -0.3 is 9.84 Å². The minimum Gasteiger partial charge on any atom is -0.478 e. The van der Waals surface area contributed by atoms with Crippen LogP contribution < -0.4 is 4.74 Å². The third-order valence-electron chi connectivity index (χ3n) is 3.70. The number of hydrogen-bond acceptors (Lipinski definition) is 2. The maximum atomic E-state index is 13.6. The molecule has 1 aliphatic carbocycles. The third kappa shape index (κ3) is 2.88. The van der Waals surface area contributed by atoms with Crippen molar-refractivity contribution in [1.29, 1.82) is 0 Å². The van der Waals surface area contributed by atoms with Crippen LogP contribution in [0.4, 0.5) is 4.39 Å². The minimum atomic E-state index is -1.37. The Kier molecular flexibility index (Phi) is 3.07. The van der Waals surface area contributed by atoms with E-state index < -0.39 is 17.4 Å². The minimum absolute atomic E-state index is 0.188. The summed E-state index contributed by atoms with van der Waals surface area (Å²) in [5.41, 5.74) is -0.307. The Morgan fingerprint density at radius 1 is 1.42 bits per heavy atom. The highest BCUT2D eigenvalue weighted by atomic mass is 19.1. The van der Waals surface area contributed by atoms with Gasteiger partial charge in [0.2, 0.25) is 0 Å². The highest BCUT2D eigenvalue weighted by Crippen LogP contribution is 2.58. The van der Waals surface area contributed by atoms with Gasteiger partial charge in [-0.3, -0.25) is 0 Å². The van der Waals surface area contributed by atoms with Crippen molar-refractivity contribution in [2.45, 2.75) is 45.6 Å². The fraction of sp³-hybridized carbons (Fsp3) is 0.533. The molecule has 4 heteroatoms. The molecule has 2 rings (SSSR count). The van der Waals surface area contributed by atoms with Crippen LogP contribution in [-0.4, -0.2) is 16.7 Å². The molecule has 1 atom stereocenters. The van der Waals surface area contributed by atoms with Crippen molar-refractivity contribution in [2.75, 3.05) is 0 Å². The molecule has 0 bridgehead atoms. The van der Waals surface area contributed by atoms with Crippen molar-refractivity contribution >= 4 is 5.97 Å². The van der Waals surface area contributed by atoms with E-state index in [1.165, 1.54) is 26.0 Å².